The molecule has 2 aliphatic heterocycles. The minimum absolute atomic E-state index is 0.00473. The zero-order chi connectivity index (χ0) is 25.1. The van der Waals surface area contributed by atoms with Gasteiger partial charge < -0.3 is 5.32 Å². The van der Waals surface area contributed by atoms with Crippen LogP contribution in [0.5, 0.6) is 0 Å². The average Bonchev–Trinajstić information content (AvgIpc) is 3.23. The van der Waals surface area contributed by atoms with Crippen molar-refractivity contribution in [2.75, 3.05) is 0 Å². The zero-order valence-corrected chi connectivity index (χ0v) is 19.9. The van der Waals surface area contributed by atoms with E-state index in [1.165, 1.54) is 28.8 Å². The molecule has 10 heteroatoms. The highest BCUT2D eigenvalue weighted by Crippen LogP contribution is 2.35. The first-order chi connectivity index (χ1) is 17.5. The Morgan fingerprint density at radius 2 is 1.78 bits per heavy atom. The SMILES string of the molecule is O=C(C[C@H]1N=C2c3ccccc3N=C(SCc3cccc([N+](=O)[O-])c3)N2C1=O)NCc1ccccc1. The van der Waals surface area contributed by atoms with Gasteiger partial charge in [-0.15, -0.1) is 0 Å². The summed E-state index contributed by atoms with van der Waals surface area (Å²) in [5.41, 5.74) is 3.10. The fourth-order valence-corrected chi connectivity index (χ4v) is 4.93. The van der Waals surface area contributed by atoms with Crippen molar-refractivity contribution in [2.24, 2.45) is 9.98 Å². The first-order valence-corrected chi connectivity index (χ1v) is 12.2. The zero-order valence-electron chi connectivity index (χ0n) is 19.0. The maximum absolute atomic E-state index is 13.4. The molecule has 0 radical (unpaired) electrons. The first kappa shape index (κ1) is 23.4. The van der Waals surface area contributed by atoms with E-state index in [0.29, 0.717) is 29.0 Å². The van der Waals surface area contributed by atoms with E-state index in [-0.39, 0.29) is 23.9 Å². The van der Waals surface area contributed by atoms with E-state index >= 15 is 0 Å². The van der Waals surface area contributed by atoms with E-state index in [2.05, 4.69) is 15.3 Å². The number of para-hydroxylation sites is 1. The number of rotatable bonds is 7. The van der Waals surface area contributed by atoms with Crippen molar-refractivity contribution in [2.45, 2.75) is 24.8 Å². The number of amides is 2. The van der Waals surface area contributed by atoms with Gasteiger partial charge in [0, 0.05) is 30.0 Å². The molecule has 36 heavy (non-hydrogen) atoms. The number of amidine groups is 2. The van der Waals surface area contributed by atoms with Gasteiger partial charge in [-0.25, -0.2) is 9.89 Å². The molecule has 0 saturated carbocycles. The van der Waals surface area contributed by atoms with Gasteiger partial charge in [0.05, 0.1) is 17.0 Å². The number of nitrogens with zero attached hydrogens (tertiary/aromatic N) is 4. The number of benzene rings is 3. The van der Waals surface area contributed by atoms with Gasteiger partial charge in [-0.2, -0.15) is 0 Å². The van der Waals surface area contributed by atoms with Crippen molar-refractivity contribution >= 4 is 46.0 Å². The van der Waals surface area contributed by atoms with Crippen LogP contribution in [0.25, 0.3) is 0 Å². The van der Waals surface area contributed by atoms with Crippen LogP contribution in [0.1, 0.15) is 23.1 Å². The second kappa shape index (κ2) is 10.1. The Labute approximate surface area is 211 Å². The van der Waals surface area contributed by atoms with Crippen molar-refractivity contribution in [1.82, 2.24) is 10.2 Å². The molecule has 0 spiro atoms. The maximum Gasteiger partial charge on any atom is 0.269 e. The molecular weight excluding hydrogens is 478 g/mol. The predicted octanol–water partition coefficient (Wildman–Crippen LogP) is 4.19. The van der Waals surface area contributed by atoms with Gasteiger partial charge in [-0.1, -0.05) is 66.4 Å². The summed E-state index contributed by atoms with van der Waals surface area (Å²) in [6, 6.07) is 22.4. The number of carbonyl (C=O) groups excluding carboxylic acids is 2. The monoisotopic (exact) mass is 499 g/mol. The topological polar surface area (TPSA) is 117 Å². The van der Waals surface area contributed by atoms with Crippen molar-refractivity contribution in [3.05, 3.63) is 106 Å². The Bertz CT molecular complexity index is 1410. The number of hydrogen-bond acceptors (Lipinski definition) is 7. The lowest BCUT2D eigenvalue weighted by Crippen LogP contribution is -2.42. The largest absolute Gasteiger partial charge is 0.352 e. The molecule has 0 bridgehead atoms. The van der Waals surface area contributed by atoms with Gasteiger partial charge in [0.25, 0.3) is 11.6 Å². The number of nitro groups is 1. The number of nitrogens with one attached hydrogen (secondary N) is 1. The van der Waals surface area contributed by atoms with Gasteiger partial charge in [0.1, 0.15) is 11.9 Å². The van der Waals surface area contributed by atoms with Crippen LogP contribution >= 0.6 is 11.8 Å². The number of fused-ring (bicyclic) bond motifs is 3. The lowest BCUT2D eigenvalue weighted by molar-refractivity contribution is -0.384. The molecule has 9 nitrogen and oxygen atoms in total. The molecule has 2 aliphatic rings. The van der Waals surface area contributed by atoms with E-state index in [1.807, 2.05) is 54.6 Å². The van der Waals surface area contributed by atoms with Crippen LogP contribution in [0.3, 0.4) is 0 Å². The Morgan fingerprint density at radius 1 is 1.03 bits per heavy atom. The fourth-order valence-electron chi connectivity index (χ4n) is 3.98. The lowest BCUT2D eigenvalue weighted by Gasteiger charge is -2.25. The minimum Gasteiger partial charge on any atom is -0.352 e. The predicted molar refractivity (Wildman–Crippen MR) is 138 cm³/mol. The van der Waals surface area contributed by atoms with Crippen LogP contribution in [-0.2, 0) is 21.9 Å². The number of nitro benzene ring substituents is 1. The third-order valence-electron chi connectivity index (χ3n) is 5.75. The molecule has 0 unspecified atom stereocenters. The summed E-state index contributed by atoms with van der Waals surface area (Å²) >= 11 is 1.29. The Balaban J connectivity index is 1.34. The molecule has 2 amide bonds. The number of aliphatic imine (C=N–C) groups is 2. The number of carbonyl (C=O) groups is 2. The van der Waals surface area contributed by atoms with Crippen molar-refractivity contribution in [3.63, 3.8) is 0 Å². The van der Waals surface area contributed by atoms with Gasteiger partial charge in [0.15, 0.2) is 5.17 Å². The molecule has 3 aromatic rings. The van der Waals surface area contributed by atoms with Crippen molar-refractivity contribution in [3.8, 4) is 0 Å². The molecule has 0 aromatic heterocycles. The van der Waals surface area contributed by atoms with E-state index in [1.54, 1.807) is 12.1 Å². The molecule has 5 rings (SSSR count). The van der Waals surface area contributed by atoms with Gasteiger partial charge in [-0.3, -0.25) is 24.7 Å². The first-order valence-electron chi connectivity index (χ1n) is 11.3. The summed E-state index contributed by atoms with van der Waals surface area (Å²) in [5, 5.41) is 14.4. The molecule has 1 atom stereocenters. The average molecular weight is 500 g/mol. The smallest absolute Gasteiger partial charge is 0.269 e. The fraction of sp³-hybridized carbons (Fsp3) is 0.154. The maximum atomic E-state index is 13.4. The minimum atomic E-state index is -0.856. The van der Waals surface area contributed by atoms with Crippen LogP contribution in [0.15, 0.2) is 88.8 Å². The summed E-state index contributed by atoms with van der Waals surface area (Å²) in [5.74, 6) is 0.257. The normalized spacial score (nSPS) is 16.1. The molecule has 0 aliphatic carbocycles. The van der Waals surface area contributed by atoms with Crippen molar-refractivity contribution < 1.29 is 14.5 Å². The number of thioether (sulfide) groups is 1. The highest BCUT2D eigenvalue weighted by Gasteiger charge is 2.42. The summed E-state index contributed by atoms with van der Waals surface area (Å²) in [7, 11) is 0. The molecule has 1 N–H and O–H groups in total. The number of hydrogen-bond donors (Lipinski definition) is 1. The van der Waals surface area contributed by atoms with E-state index < -0.39 is 11.0 Å². The molecular formula is C26H21N5O4S. The van der Waals surface area contributed by atoms with Crippen LogP contribution in [0, 0.1) is 10.1 Å². The van der Waals surface area contributed by atoms with Crippen molar-refractivity contribution in [1.29, 1.82) is 0 Å². The second-order valence-corrected chi connectivity index (χ2v) is 9.18. The molecule has 0 fully saturated rings. The second-order valence-electron chi connectivity index (χ2n) is 8.24. The molecule has 3 aromatic carbocycles. The van der Waals surface area contributed by atoms with E-state index in [4.69, 9.17) is 0 Å². The van der Waals surface area contributed by atoms with Crippen LogP contribution < -0.4 is 5.32 Å². The summed E-state index contributed by atoms with van der Waals surface area (Å²) in [6.45, 7) is 0.371. The quantitative estimate of drug-likeness (QED) is 0.386. The summed E-state index contributed by atoms with van der Waals surface area (Å²) < 4.78 is 0. The third-order valence-corrected chi connectivity index (χ3v) is 6.76. The van der Waals surface area contributed by atoms with E-state index in [9.17, 15) is 19.7 Å². The Morgan fingerprint density at radius 3 is 2.58 bits per heavy atom. The number of non-ortho nitro benzene ring substituents is 1. The van der Waals surface area contributed by atoms with Gasteiger partial charge >= 0.3 is 0 Å². The summed E-state index contributed by atoms with van der Waals surface area (Å²) in [6.07, 6.45) is -0.0728. The van der Waals surface area contributed by atoms with E-state index in [0.717, 1.165) is 16.7 Å². The van der Waals surface area contributed by atoms with Gasteiger partial charge in [-0.05, 0) is 23.3 Å². The lowest BCUT2D eigenvalue weighted by atomic mass is 10.1. The summed E-state index contributed by atoms with van der Waals surface area (Å²) in [4.78, 5) is 47.4. The molecule has 180 valence electrons. The van der Waals surface area contributed by atoms with Crippen LogP contribution in [0.2, 0.25) is 0 Å². The van der Waals surface area contributed by atoms with Crippen LogP contribution in [0.4, 0.5) is 11.4 Å². The molecule has 0 saturated heterocycles. The Hall–Kier alpha value is -4.31. The molecule has 2 heterocycles. The van der Waals surface area contributed by atoms with Gasteiger partial charge in [0.2, 0.25) is 5.91 Å². The Kier molecular flexibility index (Phi) is 6.59. The van der Waals surface area contributed by atoms with Crippen LogP contribution in [-0.4, -0.2) is 38.7 Å². The highest BCUT2D eigenvalue weighted by atomic mass is 32.2. The standard InChI is InChI=1S/C26H21N5O4S/c32-23(27-15-17-7-2-1-3-8-17)14-22-25(33)30-24(28-22)20-11-4-5-12-21(20)29-26(30)36-16-18-9-6-10-19(13-18)31(34)35/h1-13,22H,14-16H2,(H,27,32)/t22-/m1/s1. The third kappa shape index (κ3) is 4.89. The highest BCUT2D eigenvalue weighted by molar-refractivity contribution is 8.13.